The molecule has 6 saturated heterocycles. The average Bonchev–Trinajstić information content (AvgIpc) is 1.55. The maximum absolute atomic E-state index is 15.4. The summed E-state index contributed by atoms with van der Waals surface area (Å²) in [5.41, 5.74) is 0.687. The fourth-order valence-corrected chi connectivity index (χ4v) is 13.3. The summed E-state index contributed by atoms with van der Waals surface area (Å²) in [7, 11) is 0. The van der Waals surface area contributed by atoms with Crippen LogP contribution < -0.4 is 47.3 Å². The zero-order valence-corrected chi connectivity index (χ0v) is 56.9. The number of nitrogens with zero attached hydrogens (tertiary/aromatic N) is 2. The molecule has 6 fully saturated rings. The van der Waals surface area contributed by atoms with Crippen molar-refractivity contribution in [3.05, 3.63) is 65.7 Å². The Morgan fingerprint density at radius 2 is 1.12 bits per heavy atom. The highest BCUT2D eigenvalue weighted by Gasteiger charge is 2.56. The largest absolute Gasteiger partial charge is 0.481 e. The van der Waals surface area contributed by atoms with Crippen molar-refractivity contribution in [2.24, 2.45) is 0 Å². The van der Waals surface area contributed by atoms with Gasteiger partial charge in [-0.3, -0.25) is 44.4 Å². The maximum Gasteiger partial charge on any atom is 0.303 e. The zero-order valence-electron chi connectivity index (χ0n) is 56.9. The predicted molar refractivity (Wildman–Crippen MR) is 354 cm³/mol. The highest BCUT2D eigenvalue weighted by atomic mass is 16.7. The van der Waals surface area contributed by atoms with Gasteiger partial charge in [-0.05, 0) is 36.1 Å². The third-order valence-electron chi connectivity index (χ3n) is 19.4. The minimum Gasteiger partial charge on any atom is -0.481 e. The minimum atomic E-state index is -2.40. The molecule has 104 heavy (non-hydrogen) atoms. The molecule has 2 aromatic carbocycles. The van der Waals surface area contributed by atoms with E-state index in [1.807, 2.05) is 0 Å². The van der Waals surface area contributed by atoms with Gasteiger partial charge in [0, 0.05) is 38.4 Å². The van der Waals surface area contributed by atoms with E-state index >= 15 is 14.4 Å². The van der Waals surface area contributed by atoms with E-state index in [0.29, 0.717) is 24.8 Å². The van der Waals surface area contributed by atoms with Crippen LogP contribution in [0.1, 0.15) is 81.8 Å². The molecule has 580 valence electrons. The number of guanidine groups is 2. The smallest absolute Gasteiger partial charge is 0.303 e. The molecule has 6 aliphatic rings. The zero-order chi connectivity index (χ0) is 75.8. The van der Waals surface area contributed by atoms with Crippen molar-refractivity contribution < 1.29 is 134 Å². The number of carbonyl (C=O) groups is 7. The van der Waals surface area contributed by atoms with Crippen molar-refractivity contribution in [2.45, 2.75) is 224 Å². The number of amides is 6. The monoisotopic (exact) mass is 1480 g/mol. The normalized spacial score (nSPS) is 34.4. The molecule has 25 atom stereocenters. The molecule has 0 aliphatic carbocycles. The summed E-state index contributed by atoms with van der Waals surface area (Å²) in [6.07, 6.45) is -26.8. The van der Waals surface area contributed by atoms with E-state index in [1.54, 1.807) is 37.3 Å². The number of aliphatic carboxylic acids is 1. The molecule has 25 unspecified atom stereocenters. The molecule has 8 rings (SSSR count). The highest BCUT2D eigenvalue weighted by Crippen LogP contribution is 2.34. The number of rotatable bonds is 28. The third kappa shape index (κ3) is 20.3. The minimum absolute atomic E-state index is 0.0589. The summed E-state index contributed by atoms with van der Waals surface area (Å²) in [5.74, 6) is -10.1. The van der Waals surface area contributed by atoms with E-state index in [4.69, 9.17) is 34.2 Å². The second kappa shape index (κ2) is 38.1. The number of carbonyl (C=O) groups excluding carboxylic acids is 6. The lowest BCUT2D eigenvalue weighted by atomic mass is 9.92. The van der Waals surface area contributed by atoms with E-state index in [9.17, 15) is 96.1 Å². The van der Waals surface area contributed by atoms with Crippen molar-refractivity contribution in [1.82, 2.24) is 52.3 Å². The number of unbranched alkanes of at least 4 members (excludes halogenated alkanes) is 7. The Hall–Kier alpha value is -7.65. The summed E-state index contributed by atoms with van der Waals surface area (Å²) >= 11 is 0. The van der Waals surface area contributed by atoms with Crippen molar-refractivity contribution >= 4 is 53.3 Å². The summed E-state index contributed by atoms with van der Waals surface area (Å²) < 4.78 is 28.6. The summed E-state index contributed by atoms with van der Waals surface area (Å²) in [4.78, 5) is 102. The lowest BCUT2D eigenvalue weighted by Crippen LogP contribution is -2.69. The first-order valence-corrected chi connectivity index (χ1v) is 34.5. The lowest BCUT2D eigenvalue weighted by molar-refractivity contribution is -0.352. The Kier molecular flexibility index (Phi) is 30.0. The first-order valence-electron chi connectivity index (χ1n) is 34.5. The summed E-state index contributed by atoms with van der Waals surface area (Å²) in [6.45, 7) is -3.81. The first kappa shape index (κ1) is 82.0. The lowest BCUT2D eigenvalue weighted by Gasteiger charge is -2.46. The van der Waals surface area contributed by atoms with Crippen LogP contribution in [-0.4, -0.2) is 339 Å². The number of nitrogens with one attached hydrogen (secondary N) is 10. The van der Waals surface area contributed by atoms with E-state index in [1.165, 1.54) is 29.2 Å². The van der Waals surface area contributed by atoms with E-state index in [0.717, 1.165) is 37.0 Å². The number of hydrogen-bond donors (Lipinski definition) is 25. The van der Waals surface area contributed by atoms with Crippen LogP contribution in [0.2, 0.25) is 0 Å². The molecule has 39 heteroatoms. The second-order valence-corrected chi connectivity index (χ2v) is 26.6. The number of aliphatic hydroxyl groups is 14. The van der Waals surface area contributed by atoms with Crippen LogP contribution >= 0.6 is 0 Å². The molecule has 0 bridgehead atoms. The standard InChI is InChI=1S/C65H98N12O27/c1-29(31-13-9-8-10-14-31)42-58(97)70-33(21-30-16-18-32(19-17-30)100-62-54(94)51(91)55(39(28-81)103-62)104-63-53(93)50(90)48(88)38(27-80)102-63)57(96)74-43(45(85)34-22-69-64(66)72-34)60(99)75-44(59(98)71-35(25-78)56(95)68-23-40(82)73-42)46(86)36-24-76(20-12-7-5-3-2-4-6-11-15-41(83)84)65(67)77(36)61-52(92)49(89)47(87)37(26-79)101-61/h8-10,13-14,16-19,29,33-39,42-55,61-63,67,78-81,85-94H,2-7,11-12,15,20-28H2,1H3,(H,68,95)(H,70,97)(H,71,98)(H,73,82)(H,74,96)(H,75,99)(H,83,84)(H3,66,69,72). The molecular weight excluding hydrogens is 1380 g/mol. The van der Waals surface area contributed by atoms with Gasteiger partial charge in [0.2, 0.25) is 41.7 Å². The molecule has 0 saturated carbocycles. The van der Waals surface area contributed by atoms with Crippen molar-refractivity contribution in [1.29, 1.82) is 10.8 Å². The molecule has 0 aromatic heterocycles. The van der Waals surface area contributed by atoms with Gasteiger partial charge in [0.1, 0.15) is 121 Å². The Morgan fingerprint density at radius 3 is 1.74 bits per heavy atom. The number of hydrogen-bond acceptors (Lipinski definition) is 28. The maximum atomic E-state index is 15.4. The van der Waals surface area contributed by atoms with Gasteiger partial charge in [0.15, 0.2) is 24.4 Å². The molecule has 6 amide bonds. The Labute approximate surface area is 596 Å². The Balaban J connectivity index is 1.11. The van der Waals surface area contributed by atoms with E-state index in [-0.39, 0.29) is 36.8 Å². The fourth-order valence-electron chi connectivity index (χ4n) is 13.3. The van der Waals surface area contributed by atoms with Crippen molar-refractivity contribution in [3.8, 4) is 5.75 Å². The van der Waals surface area contributed by atoms with Gasteiger partial charge in [-0.15, -0.1) is 0 Å². The van der Waals surface area contributed by atoms with Gasteiger partial charge in [-0.2, -0.15) is 0 Å². The van der Waals surface area contributed by atoms with Gasteiger partial charge in [-0.25, -0.2) is 0 Å². The van der Waals surface area contributed by atoms with Crippen molar-refractivity contribution in [2.75, 3.05) is 52.6 Å². The van der Waals surface area contributed by atoms with Crippen LogP contribution in [0.4, 0.5) is 0 Å². The molecule has 2 aromatic rings. The topological polar surface area (TPSA) is 620 Å². The van der Waals surface area contributed by atoms with E-state index < -0.39 is 246 Å². The highest BCUT2D eigenvalue weighted by molar-refractivity contribution is 5.98. The van der Waals surface area contributed by atoms with Crippen LogP contribution in [0.3, 0.4) is 0 Å². The molecule has 0 radical (unpaired) electrons. The number of benzene rings is 2. The van der Waals surface area contributed by atoms with E-state index in [2.05, 4.69) is 42.5 Å². The van der Waals surface area contributed by atoms with Gasteiger partial charge in [0.05, 0.1) is 45.1 Å². The molecular formula is C65H98N12O27. The first-order chi connectivity index (χ1) is 49.6. The van der Waals surface area contributed by atoms with Crippen LogP contribution in [0.25, 0.3) is 0 Å². The van der Waals surface area contributed by atoms with Gasteiger partial charge in [-0.1, -0.05) is 87.9 Å². The van der Waals surface area contributed by atoms with Gasteiger partial charge in [0.25, 0.3) is 0 Å². The van der Waals surface area contributed by atoms with Crippen LogP contribution in [0.5, 0.6) is 5.75 Å². The Bertz CT molecular complexity index is 3210. The van der Waals surface area contributed by atoms with Gasteiger partial charge >= 0.3 is 5.97 Å². The average molecular weight is 1480 g/mol. The number of aliphatic hydroxyl groups excluding tert-OH is 14. The van der Waals surface area contributed by atoms with Crippen molar-refractivity contribution in [3.63, 3.8) is 0 Å². The number of carboxylic acids is 1. The predicted octanol–water partition coefficient (Wildman–Crippen LogP) is -9.88. The third-order valence-corrected chi connectivity index (χ3v) is 19.4. The fraction of sp³-hybridized carbons (Fsp3) is 0.677. The summed E-state index contributed by atoms with van der Waals surface area (Å²) in [6, 6.07) is 0.541. The molecule has 25 N–H and O–H groups in total. The number of ether oxygens (including phenoxy) is 5. The van der Waals surface area contributed by atoms with Gasteiger partial charge < -0.3 is 153 Å². The quantitative estimate of drug-likeness (QED) is 0.0352. The number of carboxylic acid groups (broad SMARTS) is 1. The molecule has 39 nitrogen and oxygen atoms in total. The van der Waals surface area contributed by atoms with Crippen LogP contribution in [0, 0.1) is 10.8 Å². The SMILES string of the molecule is CC(c1ccccc1)C1NC(=O)CNC(=O)C(CO)NC(=O)C(C(O)C2CN(CCCCCCCCCCC(=O)O)C(=N)N2C2OC(CO)C(O)C(O)C2O)NC(=O)C(C(O)C2CNC(=N)N2)NC(=O)C(Cc2ccc(OC3OC(CO)C(OC4OC(CO)C(O)C(O)C4O)C(O)C3O)cc2)NC1=O. The van der Waals surface area contributed by atoms with Crippen LogP contribution in [0.15, 0.2) is 54.6 Å². The summed E-state index contributed by atoms with van der Waals surface area (Å²) in [5, 5.41) is 200. The molecule has 6 heterocycles. The Morgan fingerprint density at radius 1 is 0.567 bits per heavy atom. The molecule has 6 aliphatic heterocycles. The van der Waals surface area contributed by atoms with Crippen LogP contribution in [-0.2, 0) is 58.9 Å². The molecule has 0 spiro atoms. The second-order valence-electron chi connectivity index (χ2n) is 26.6.